The Morgan fingerprint density at radius 3 is 2.40 bits per heavy atom. The Bertz CT molecular complexity index is 524. The average molecular weight is 299 g/mol. The molecule has 20 heavy (non-hydrogen) atoms. The second kappa shape index (κ2) is 6.13. The van der Waals surface area contributed by atoms with E-state index in [0.29, 0.717) is 10.7 Å². The van der Waals surface area contributed by atoms with Crippen LogP contribution in [-0.2, 0) is 4.79 Å². The number of aryl methyl sites for hydroxylation is 1. The third kappa shape index (κ3) is 4.42. The van der Waals surface area contributed by atoms with E-state index in [1.165, 1.54) is 0 Å². The number of carbonyl (C=O) groups is 2. The fraction of sp³-hybridized carbons (Fsp3) is 0.429. The highest BCUT2D eigenvalue weighted by Crippen LogP contribution is 2.22. The summed E-state index contributed by atoms with van der Waals surface area (Å²) >= 11 is 5.86. The van der Waals surface area contributed by atoms with Gasteiger partial charge in [0.15, 0.2) is 0 Å². The maximum atomic E-state index is 11.9. The summed E-state index contributed by atoms with van der Waals surface area (Å²) in [5.74, 6) is -1.07. The molecule has 0 fully saturated rings. The largest absolute Gasteiger partial charge is 0.480 e. The van der Waals surface area contributed by atoms with Crippen molar-refractivity contribution in [2.24, 2.45) is 5.41 Å². The SMILES string of the molecule is Cc1ccc(Cl)cc1NC(=O)N[C@H](C(=O)O)C(C)(C)C. The standard InChI is InChI=1S/C14H19ClN2O3/c1-8-5-6-9(15)7-10(8)16-13(20)17-11(12(18)19)14(2,3)4/h5-7,11H,1-4H3,(H,18,19)(H2,16,17,20)/t11-/m1/s1. The van der Waals surface area contributed by atoms with Crippen molar-refractivity contribution in [1.82, 2.24) is 5.32 Å². The van der Waals surface area contributed by atoms with Crippen LogP contribution in [-0.4, -0.2) is 23.1 Å². The van der Waals surface area contributed by atoms with E-state index in [4.69, 9.17) is 16.7 Å². The van der Waals surface area contributed by atoms with Crippen molar-refractivity contribution >= 4 is 29.3 Å². The van der Waals surface area contributed by atoms with Gasteiger partial charge in [0.25, 0.3) is 0 Å². The van der Waals surface area contributed by atoms with Gasteiger partial charge in [-0.25, -0.2) is 9.59 Å². The van der Waals surface area contributed by atoms with Crippen molar-refractivity contribution in [3.05, 3.63) is 28.8 Å². The number of urea groups is 1. The summed E-state index contributed by atoms with van der Waals surface area (Å²) < 4.78 is 0. The molecule has 1 atom stereocenters. The molecule has 0 aliphatic carbocycles. The molecule has 0 heterocycles. The van der Waals surface area contributed by atoms with E-state index in [0.717, 1.165) is 5.56 Å². The fourth-order valence-corrected chi connectivity index (χ4v) is 1.84. The molecule has 0 aromatic heterocycles. The van der Waals surface area contributed by atoms with Crippen LogP contribution < -0.4 is 10.6 Å². The van der Waals surface area contributed by atoms with Gasteiger partial charge in [-0.2, -0.15) is 0 Å². The summed E-state index contributed by atoms with van der Waals surface area (Å²) in [6.45, 7) is 7.06. The van der Waals surface area contributed by atoms with Crippen molar-refractivity contribution in [3.8, 4) is 0 Å². The second-order valence-corrected chi connectivity index (χ2v) is 6.13. The van der Waals surface area contributed by atoms with Gasteiger partial charge in [-0.3, -0.25) is 0 Å². The third-order valence-corrected chi connectivity index (χ3v) is 3.07. The molecule has 1 rings (SSSR count). The number of carboxylic acids is 1. The van der Waals surface area contributed by atoms with Crippen molar-refractivity contribution in [2.45, 2.75) is 33.7 Å². The van der Waals surface area contributed by atoms with Gasteiger partial charge in [-0.1, -0.05) is 38.4 Å². The van der Waals surface area contributed by atoms with Gasteiger partial charge in [-0.15, -0.1) is 0 Å². The number of amides is 2. The molecule has 0 radical (unpaired) electrons. The zero-order valence-electron chi connectivity index (χ0n) is 12.0. The monoisotopic (exact) mass is 298 g/mol. The lowest BCUT2D eigenvalue weighted by Crippen LogP contribution is -2.50. The van der Waals surface area contributed by atoms with Crippen LogP contribution in [0.5, 0.6) is 0 Å². The van der Waals surface area contributed by atoms with Crippen LogP contribution in [0.2, 0.25) is 5.02 Å². The molecule has 0 saturated carbocycles. The number of nitrogens with one attached hydrogen (secondary N) is 2. The number of rotatable bonds is 3. The highest BCUT2D eigenvalue weighted by atomic mass is 35.5. The van der Waals surface area contributed by atoms with E-state index in [1.807, 2.05) is 6.92 Å². The summed E-state index contributed by atoms with van der Waals surface area (Å²) in [5, 5.41) is 14.7. The van der Waals surface area contributed by atoms with Gasteiger partial charge < -0.3 is 15.7 Å². The molecule has 3 N–H and O–H groups in total. The van der Waals surface area contributed by atoms with Crippen LogP contribution in [0.25, 0.3) is 0 Å². The molecular formula is C14H19ClN2O3. The maximum absolute atomic E-state index is 11.9. The minimum Gasteiger partial charge on any atom is -0.480 e. The van der Waals surface area contributed by atoms with Crippen LogP contribution in [0.3, 0.4) is 0 Å². The van der Waals surface area contributed by atoms with Crippen LogP contribution in [0, 0.1) is 12.3 Å². The first-order chi connectivity index (χ1) is 9.11. The maximum Gasteiger partial charge on any atom is 0.326 e. The number of benzene rings is 1. The molecule has 6 heteroatoms. The van der Waals surface area contributed by atoms with Gasteiger partial charge >= 0.3 is 12.0 Å². The summed E-state index contributed by atoms with van der Waals surface area (Å²) in [4.78, 5) is 23.1. The average Bonchev–Trinajstić information content (AvgIpc) is 2.29. The number of hydrogen-bond donors (Lipinski definition) is 3. The lowest BCUT2D eigenvalue weighted by atomic mass is 9.87. The number of carbonyl (C=O) groups excluding carboxylic acids is 1. The first kappa shape index (κ1) is 16.3. The Morgan fingerprint density at radius 1 is 1.30 bits per heavy atom. The van der Waals surface area contributed by atoms with Crippen LogP contribution >= 0.6 is 11.6 Å². The Morgan fingerprint density at radius 2 is 1.90 bits per heavy atom. The van der Waals surface area contributed by atoms with Gasteiger partial charge in [0.05, 0.1) is 0 Å². The molecule has 1 aromatic carbocycles. The van der Waals surface area contributed by atoms with E-state index in [9.17, 15) is 9.59 Å². The zero-order chi connectivity index (χ0) is 15.5. The molecule has 0 aliphatic rings. The van der Waals surface area contributed by atoms with Crippen LogP contribution in [0.4, 0.5) is 10.5 Å². The van der Waals surface area contributed by atoms with E-state index < -0.39 is 23.5 Å². The van der Waals surface area contributed by atoms with E-state index in [-0.39, 0.29) is 0 Å². The lowest BCUT2D eigenvalue weighted by molar-refractivity contribution is -0.141. The Kier molecular flexibility index (Phi) is 5.00. The first-order valence-electron chi connectivity index (χ1n) is 6.17. The van der Waals surface area contributed by atoms with Gasteiger partial charge in [0.1, 0.15) is 6.04 Å². The molecule has 0 spiro atoms. The summed E-state index contributed by atoms with van der Waals surface area (Å²) in [5.41, 5.74) is 0.798. The normalized spacial score (nSPS) is 12.7. The predicted octanol–water partition coefficient (Wildman–Crippen LogP) is 3.27. The summed E-state index contributed by atoms with van der Waals surface area (Å²) in [6, 6.07) is 3.55. The summed E-state index contributed by atoms with van der Waals surface area (Å²) in [6.07, 6.45) is 0. The van der Waals surface area contributed by atoms with Crippen molar-refractivity contribution in [3.63, 3.8) is 0 Å². The molecule has 5 nitrogen and oxygen atoms in total. The molecule has 110 valence electrons. The first-order valence-corrected chi connectivity index (χ1v) is 6.55. The number of hydrogen-bond acceptors (Lipinski definition) is 2. The topological polar surface area (TPSA) is 78.4 Å². The number of halogens is 1. The summed E-state index contributed by atoms with van der Waals surface area (Å²) in [7, 11) is 0. The van der Waals surface area contributed by atoms with Crippen molar-refractivity contribution < 1.29 is 14.7 Å². The van der Waals surface area contributed by atoms with Crippen molar-refractivity contribution in [2.75, 3.05) is 5.32 Å². The number of aliphatic carboxylic acids is 1. The second-order valence-electron chi connectivity index (χ2n) is 5.69. The van der Waals surface area contributed by atoms with Gasteiger partial charge in [0.2, 0.25) is 0 Å². The van der Waals surface area contributed by atoms with E-state index in [1.54, 1.807) is 39.0 Å². The third-order valence-electron chi connectivity index (χ3n) is 2.84. The van der Waals surface area contributed by atoms with Crippen molar-refractivity contribution in [1.29, 1.82) is 0 Å². The molecule has 0 unspecified atom stereocenters. The molecular weight excluding hydrogens is 280 g/mol. The smallest absolute Gasteiger partial charge is 0.326 e. The number of carboxylic acid groups (broad SMARTS) is 1. The Balaban J connectivity index is 2.81. The molecule has 1 aromatic rings. The molecule has 0 aliphatic heterocycles. The highest BCUT2D eigenvalue weighted by Gasteiger charge is 2.32. The highest BCUT2D eigenvalue weighted by molar-refractivity contribution is 6.31. The molecule has 0 bridgehead atoms. The Hall–Kier alpha value is -1.75. The van der Waals surface area contributed by atoms with Crippen LogP contribution in [0.15, 0.2) is 18.2 Å². The fourth-order valence-electron chi connectivity index (χ4n) is 1.67. The van der Waals surface area contributed by atoms with Gasteiger partial charge in [0, 0.05) is 10.7 Å². The van der Waals surface area contributed by atoms with Crippen LogP contribution in [0.1, 0.15) is 26.3 Å². The molecule has 0 saturated heterocycles. The van der Waals surface area contributed by atoms with E-state index >= 15 is 0 Å². The molecule has 2 amide bonds. The lowest BCUT2D eigenvalue weighted by Gasteiger charge is -2.27. The number of anilines is 1. The zero-order valence-corrected chi connectivity index (χ0v) is 12.7. The van der Waals surface area contributed by atoms with Gasteiger partial charge in [-0.05, 0) is 30.0 Å². The minimum absolute atomic E-state index is 0.497. The van der Waals surface area contributed by atoms with E-state index in [2.05, 4.69) is 10.6 Å². The predicted molar refractivity (Wildman–Crippen MR) is 79.2 cm³/mol. The Labute approximate surface area is 123 Å². The minimum atomic E-state index is -1.07. The quantitative estimate of drug-likeness (QED) is 0.801.